The fourth-order valence-electron chi connectivity index (χ4n) is 1.50. The van der Waals surface area contributed by atoms with E-state index < -0.39 is 5.97 Å². The van der Waals surface area contributed by atoms with Crippen LogP contribution in [0.25, 0.3) is 11.7 Å². The quantitative estimate of drug-likeness (QED) is 0.453. The SMILES string of the molecule is COC(=O)c1ccc2ncc(/C=C/C=O)n2c1. The summed E-state index contributed by atoms with van der Waals surface area (Å²) in [7, 11) is 1.33. The zero-order chi connectivity index (χ0) is 12.3. The summed E-state index contributed by atoms with van der Waals surface area (Å²) >= 11 is 0. The Hall–Kier alpha value is -2.43. The molecule has 2 heterocycles. The number of pyridine rings is 1. The van der Waals surface area contributed by atoms with Gasteiger partial charge >= 0.3 is 5.97 Å². The summed E-state index contributed by atoms with van der Waals surface area (Å²) in [4.78, 5) is 25.8. The zero-order valence-corrected chi connectivity index (χ0v) is 9.16. The van der Waals surface area contributed by atoms with E-state index in [2.05, 4.69) is 9.72 Å². The van der Waals surface area contributed by atoms with Gasteiger partial charge in [0.15, 0.2) is 0 Å². The first-order chi connectivity index (χ1) is 8.26. The van der Waals surface area contributed by atoms with E-state index in [0.29, 0.717) is 17.5 Å². The van der Waals surface area contributed by atoms with E-state index in [0.717, 1.165) is 5.69 Å². The second-order valence-corrected chi connectivity index (χ2v) is 3.32. The van der Waals surface area contributed by atoms with Crippen molar-refractivity contribution in [3.8, 4) is 0 Å². The van der Waals surface area contributed by atoms with Crippen LogP contribution in [0, 0.1) is 0 Å². The van der Waals surface area contributed by atoms with Crippen molar-refractivity contribution < 1.29 is 14.3 Å². The third kappa shape index (κ3) is 2.08. The zero-order valence-electron chi connectivity index (χ0n) is 9.16. The first kappa shape index (κ1) is 11.1. The molecule has 0 saturated heterocycles. The highest BCUT2D eigenvalue weighted by atomic mass is 16.5. The minimum Gasteiger partial charge on any atom is -0.465 e. The second kappa shape index (κ2) is 4.61. The Labute approximate surface area is 97.3 Å². The molecule has 0 aromatic carbocycles. The summed E-state index contributed by atoms with van der Waals surface area (Å²) in [5.41, 5.74) is 1.85. The van der Waals surface area contributed by atoms with E-state index in [1.807, 2.05) is 0 Å². The highest BCUT2D eigenvalue weighted by Crippen LogP contribution is 2.11. The van der Waals surface area contributed by atoms with E-state index in [1.54, 1.807) is 35.0 Å². The third-order valence-corrected chi connectivity index (χ3v) is 2.30. The number of methoxy groups -OCH3 is 1. The number of carbonyl (C=O) groups is 2. The number of hydrogen-bond acceptors (Lipinski definition) is 4. The smallest absolute Gasteiger partial charge is 0.339 e. The van der Waals surface area contributed by atoms with Crippen molar-refractivity contribution in [3.05, 3.63) is 41.9 Å². The molecule has 86 valence electrons. The minimum absolute atomic E-state index is 0.411. The molecule has 0 aliphatic heterocycles. The lowest BCUT2D eigenvalue weighted by Crippen LogP contribution is -2.03. The normalized spacial score (nSPS) is 10.9. The lowest BCUT2D eigenvalue weighted by atomic mass is 10.3. The first-order valence-electron chi connectivity index (χ1n) is 4.93. The molecule has 5 nitrogen and oxygen atoms in total. The number of nitrogens with zero attached hydrogens (tertiary/aromatic N) is 2. The number of rotatable bonds is 3. The highest BCUT2D eigenvalue weighted by Gasteiger charge is 2.07. The van der Waals surface area contributed by atoms with Gasteiger partial charge in [-0.1, -0.05) is 0 Å². The lowest BCUT2D eigenvalue weighted by Gasteiger charge is -2.01. The average molecular weight is 230 g/mol. The van der Waals surface area contributed by atoms with Gasteiger partial charge in [-0.05, 0) is 24.3 Å². The van der Waals surface area contributed by atoms with E-state index in [1.165, 1.54) is 13.2 Å². The van der Waals surface area contributed by atoms with Gasteiger partial charge in [-0.3, -0.25) is 9.20 Å². The standard InChI is InChI=1S/C12H10N2O3/c1-17-12(16)9-4-5-11-13-7-10(3-2-6-15)14(11)8-9/h2-8H,1H3/b3-2+. The molecule has 2 aromatic heterocycles. The Morgan fingerprint density at radius 1 is 1.47 bits per heavy atom. The van der Waals surface area contributed by atoms with Crippen LogP contribution in [0.1, 0.15) is 16.1 Å². The number of ether oxygens (including phenoxy) is 1. The van der Waals surface area contributed by atoms with Crippen LogP contribution in [0.15, 0.2) is 30.6 Å². The molecule has 2 rings (SSSR count). The number of esters is 1. The number of allylic oxidation sites excluding steroid dienone is 1. The Morgan fingerprint density at radius 2 is 2.29 bits per heavy atom. The Morgan fingerprint density at radius 3 is 3.00 bits per heavy atom. The number of imidazole rings is 1. The van der Waals surface area contributed by atoms with Gasteiger partial charge < -0.3 is 4.74 Å². The van der Waals surface area contributed by atoms with Gasteiger partial charge in [0.2, 0.25) is 0 Å². The summed E-state index contributed by atoms with van der Waals surface area (Å²) in [6.07, 6.45) is 6.92. The molecule has 0 unspecified atom stereocenters. The van der Waals surface area contributed by atoms with Crippen LogP contribution < -0.4 is 0 Å². The van der Waals surface area contributed by atoms with E-state index in [4.69, 9.17) is 0 Å². The average Bonchev–Trinajstić information content (AvgIpc) is 2.77. The van der Waals surface area contributed by atoms with Crippen molar-refractivity contribution in [1.82, 2.24) is 9.38 Å². The van der Waals surface area contributed by atoms with Gasteiger partial charge in [-0.2, -0.15) is 0 Å². The predicted octanol–water partition coefficient (Wildman–Crippen LogP) is 1.33. The van der Waals surface area contributed by atoms with Crippen molar-refractivity contribution >= 4 is 24.0 Å². The number of aromatic nitrogens is 2. The number of fused-ring (bicyclic) bond motifs is 1. The maximum atomic E-state index is 11.4. The molecule has 0 bridgehead atoms. The van der Waals surface area contributed by atoms with E-state index in [-0.39, 0.29) is 0 Å². The van der Waals surface area contributed by atoms with Crippen molar-refractivity contribution in [2.75, 3.05) is 7.11 Å². The maximum Gasteiger partial charge on any atom is 0.339 e. The Kier molecular flexibility index (Phi) is 3.00. The fourth-order valence-corrected chi connectivity index (χ4v) is 1.50. The molecule has 0 spiro atoms. The van der Waals surface area contributed by atoms with Crippen LogP contribution in [0.2, 0.25) is 0 Å². The molecular weight excluding hydrogens is 220 g/mol. The van der Waals surface area contributed by atoms with Crippen LogP contribution in [-0.2, 0) is 9.53 Å². The van der Waals surface area contributed by atoms with Gasteiger partial charge in [0, 0.05) is 6.20 Å². The molecule has 0 fully saturated rings. The van der Waals surface area contributed by atoms with E-state index in [9.17, 15) is 9.59 Å². The van der Waals surface area contributed by atoms with Crippen LogP contribution in [0.5, 0.6) is 0 Å². The van der Waals surface area contributed by atoms with Gasteiger partial charge in [-0.15, -0.1) is 0 Å². The molecule has 0 aliphatic rings. The van der Waals surface area contributed by atoms with Gasteiger partial charge in [0.25, 0.3) is 0 Å². The topological polar surface area (TPSA) is 60.7 Å². The fraction of sp³-hybridized carbons (Fsp3) is 0.0833. The molecule has 2 aromatic rings. The minimum atomic E-state index is -0.411. The lowest BCUT2D eigenvalue weighted by molar-refractivity contribution is -0.104. The number of carbonyl (C=O) groups excluding carboxylic acids is 2. The highest BCUT2D eigenvalue weighted by molar-refractivity contribution is 5.89. The molecule has 5 heteroatoms. The summed E-state index contributed by atoms with van der Waals surface area (Å²) in [6, 6.07) is 3.35. The molecule has 0 aliphatic carbocycles. The molecule has 17 heavy (non-hydrogen) atoms. The molecule has 0 atom stereocenters. The number of aldehydes is 1. The van der Waals surface area contributed by atoms with Crippen LogP contribution >= 0.6 is 0 Å². The molecule has 0 saturated carbocycles. The number of hydrogen-bond donors (Lipinski definition) is 0. The van der Waals surface area contributed by atoms with Gasteiger partial charge in [0.05, 0.1) is 24.6 Å². The van der Waals surface area contributed by atoms with E-state index >= 15 is 0 Å². The Bertz CT molecular complexity index is 599. The van der Waals surface area contributed by atoms with Crippen molar-refractivity contribution in [1.29, 1.82) is 0 Å². The van der Waals surface area contributed by atoms with Gasteiger partial charge in [0.1, 0.15) is 11.9 Å². The predicted molar refractivity (Wildman–Crippen MR) is 61.6 cm³/mol. The van der Waals surface area contributed by atoms with Crippen molar-refractivity contribution in [2.45, 2.75) is 0 Å². The second-order valence-electron chi connectivity index (χ2n) is 3.32. The summed E-state index contributed by atoms with van der Waals surface area (Å²) in [6.45, 7) is 0. The van der Waals surface area contributed by atoms with Crippen LogP contribution in [-0.4, -0.2) is 28.7 Å². The Balaban J connectivity index is 2.53. The largest absolute Gasteiger partial charge is 0.465 e. The molecule has 0 radical (unpaired) electrons. The monoisotopic (exact) mass is 230 g/mol. The first-order valence-corrected chi connectivity index (χ1v) is 4.93. The summed E-state index contributed by atoms with van der Waals surface area (Å²) < 4.78 is 6.35. The summed E-state index contributed by atoms with van der Waals surface area (Å²) in [5, 5.41) is 0. The van der Waals surface area contributed by atoms with Crippen molar-refractivity contribution in [2.24, 2.45) is 0 Å². The maximum absolute atomic E-state index is 11.4. The van der Waals surface area contributed by atoms with Gasteiger partial charge in [-0.25, -0.2) is 9.78 Å². The molecule has 0 N–H and O–H groups in total. The third-order valence-electron chi connectivity index (χ3n) is 2.30. The molecular formula is C12H10N2O3. The van der Waals surface area contributed by atoms with Crippen molar-refractivity contribution in [3.63, 3.8) is 0 Å². The summed E-state index contributed by atoms with van der Waals surface area (Å²) in [5.74, 6) is -0.411. The van der Waals surface area contributed by atoms with Crippen LogP contribution in [0.3, 0.4) is 0 Å². The van der Waals surface area contributed by atoms with Crippen LogP contribution in [0.4, 0.5) is 0 Å². The molecule has 0 amide bonds.